The lowest BCUT2D eigenvalue weighted by Crippen LogP contribution is -2.25. The molecule has 0 aliphatic heterocycles. The molecule has 0 aromatic carbocycles. The summed E-state index contributed by atoms with van der Waals surface area (Å²) in [4.78, 5) is 31.8. The lowest BCUT2D eigenvalue weighted by molar-refractivity contribution is -0.132. The van der Waals surface area contributed by atoms with Crippen LogP contribution in [0, 0.1) is 0 Å². The predicted octanol–water partition coefficient (Wildman–Crippen LogP) is 3.50. The second-order valence-electron chi connectivity index (χ2n) is 6.35. The molecule has 0 saturated carbocycles. The Kier molecular flexibility index (Phi) is 6.46. The Labute approximate surface area is 163 Å². The molecule has 0 bridgehead atoms. The molecule has 0 fully saturated rings. The Morgan fingerprint density at radius 1 is 1.07 bits per heavy atom. The van der Waals surface area contributed by atoms with Gasteiger partial charge in [-0.15, -0.1) is 0 Å². The van der Waals surface area contributed by atoms with Crippen molar-refractivity contribution in [3.63, 3.8) is 0 Å². The van der Waals surface area contributed by atoms with E-state index in [0.29, 0.717) is 18.5 Å². The van der Waals surface area contributed by atoms with Crippen molar-refractivity contribution in [1.82, 2.24) is 15.3 Å². The zero-order chi connectivity index (χ0) is 19.8. The maximum atomic E-state index is 12.3. The molecule has 1 heterocycles. The van der Waals surface area contributed by atoms with E-state index in [9.17, 15) is 14.7 Å². The van der Waals surface area contributed by atoms with E-state index in [1.165, 1.54) is 6.33 Å². The van der Waals surface area contributed by atoms with Gasteiger partial charge in [-0.05, 0) is 30.9 Å². The number of hydrogen-bond acceptors (Lipinski definition) is 4. The van der Waals surface area contributed by atoms with Crippen molar-refractivity contribution in [3.05, 3.63) is 89.7 Å². The summed E-state index contributed by atoms with van der Waals surface area (Å²) in [5.41, 5.74) is 3.49. The molecule has 28 heavy (non-hydrogen) atoms. The molecule has 2 aliphatic rings. The Morgan fingerprint density at radius 2 is 1.89 bits per heavy atom. The summed E-state index contributed by atoms with van der Waals surface area (Å²) < 4.78 is 0. The molecule has 0 atom stereocenters. The number of aliphatic carboxylic acids is 1. The molecular formula is C22H21N3O3. The summed E-state index contributed by atoms with van der Waals surface area (Å²) in [6.07, 6.45) is 22.1. The molecule has 6 heteroatoms. The molecule has 1 aromatic heterocycles. The number of allylic oxidation sites excluding steroid dienone is 10. The highest BCUT2D eigenvalue weighted by atomic mass is 16.4. The summed E-state index contributed by atoms with van der Waals surface area (Å²) in [5, 5.41) is 12.0. The highest BCUT2D eigenvalue weighted by Crippen LogP contribution is 2.21. The minimum Gasteiger partial charge on any atom is -0.478 e. The lowest BCUT2D eigenvalue weighted by atomic mass is 10.1. The number of carbonyl (C=O) groups excluding carboxylic acids is 1. The monoisotopic (exact) mass is 375 g/mol. The zero-order valence-electron chi connectivity index (χ0n) is 15.3. The largest absolute Gasteiger partial charge is 0.478 e. The number of carboxylic acid groups (broad SMARTS) is 1. The second-order valence-corrected chi connectivity index (χ2v) is 6.35. The number of nitrogens with zero attached hydrogens (tertiary/aromatic N) is 2. The van der Waals surface area contributed by atoms with Crippen molar-refractivity contribution in [1.29, 1.82) is 0 Å². The van der Waals surface area contributed by atoms with Gasteiger partial charge in [0.05, 0.1) is 11.3 Å². The highest BCUT2D eigenvalue weighted by molar-refractivity contribution is 5.94. The molecular weight excluding hydrogens is 354 g/mol. The van der Waals surface area contributed by atoms with Gasteiger partial charge in [0.1, 0.15) is 6.33 Å². The number of hydrogen-bond donors (Lipinski definition) is 2. The third kappa shape index (κ3) is 5.23. The standard InChI is InChI=1S/C22H21N3O3/c26-21(25-20-8-3-1-2-7-19(20)22(27)28)12-10-16-5-4-6-17(11-9-16)18-13-23-15-24-14-18/h1,3,5-9,11,13-15H,2,4,10,12H2,(H,25,26)(H,27,28). The van der Waals surface area contributed by atoms with E-state index >= 15 is 0 Å². The Morgan fingerprint density at radius 3 is 2.68 bits per heavy atom. The van der Waals surface area contributed by atoms with Crippen LogP contribution < -0.4 is 5.32 Å². The van der Waals surface area contributed by atoms with E-state index in [4.69, 9.17) is 0 Å². The number of carboxylic acids is 1. The Hall–Kier alpha value is -3.54. The van der Waals surface area contributed by atoms with E-state index in [0.717, 1.165) is 23.1 Å². The number of rotatable bonds is 6. The molecule has 1 aromatic rings. The lowest BCUT2D eigenvalue weighted by Gasteiger charge is -2.10. The predicted molar refractivity (Wildman–Crippen MR) is 107 cm³/mol. The summed E-state index contributed by atoms with van der Waals surface area (Å²) in [6, 6.07) is 0. The van der Waals surface area contributed by atoms with Crippen LogP contribution in [0.5, 0.6) is 0 Å². The van der Waals surface area contributed by atoms with E-state index < -0.39 is 5.97 Å². The minimum absolute atomic E-state index is 0.117. The van der Waals surface area contributed by atoms with Crippen LogP contribution in [0.25, 0.3) is 5.57 Å². The van der Waals surface area contributed by atoms with Gasteiger partial charge in [-0.25, -0.2) is 14.8 Å². The molecule has 0 unspecified atom stereocenters. The van der Waals surface area contributed by atoms with Gasteiger partial charge in [-0.2, -0.15) is 0 Å². The normalized spacial score (nSPS) is 16.1. The number of amides is 1. The van der Waals surface area contributed by atoms with Crippen molar-refractivity contribution in [2.24, 2.45) is 0 Å². The molecule has 2 N–H and O–H groups in total. The van der Waals surface area contributed by atoms with Crippen LogP contribution in [0.1, 0.15) is 31.2 Å². The van der Waals surface area contributed by atoms with Gasteiger partial charge < -0.3 is 10.4 Å². The molecule has 6 nitrogen and oxygen atoms in total. The van der Waals surface area contributed by atoms with Gasteiger partial charge in [-0.3, -0.25) is 4.79 Å². The minimum atomic E-state index is -1.05. The van der Waals surface area contributed by atoms with Crippen LogP contribution in [-0.4, -0.2) is 27.0 Å². The molecule has 1 amide bonds. The third-order valence-electron chi connectivity index (χ3n) is 4.38. The fourth-order valence-electron chi connectivity index (χ4n) is 2.93. The number of carbonyl (C=O) groups is 2. The summed E-state index contributed by atoms with van der Waals surface area (Å²) >= 11 is 0. The molecule has 0 radical (unpaired) electrons. The Bertz CT molecular complexity index is 935. The summed E-state index contributed by atoms with van der Waals surface area (Å²) in [7, 11) is 0. The number of nitrogens with one attached hydrogen (secondary N) is 1. The number of aromatic nitrogens is 2. The van der Waals surface area contributed by atoms with E-state index in [1.807, 2.05) is 18.2 Å². The second kappa shape index (κ2) is 9.41. The van der Waals surface area contributed by atoms with Crippen molar-refractivity contribution < 1.29 is 14.7 Å². The van der Waals surface area contributed by atoms with Crippen molar-refractivity contribution >= 4 is 17.4 Å². The smallest absolute Gasteiger partial charge is 0.337 e. The van der Waals surface area contributed by atoms with Gasteiger partial charge in [0.2, 0.25) is 5.91 Å². The first-order valence-corrected chi connectivity index (χ1v) is 9.06. The van der Waals surface area contributed by atoms with Crippen molar-refractivity contribution in [3.8, 4) is 0 Å². The van der Waals surface area contributed by atoms with Gasteiger partial charge in [0.25, 0.3) is 0 Å². The van der Waals surface area contributed by atoms with Crippen LogP contribution in [-0.2, 0) is 9.59 Å². The molecule has 142 valence electrons. The van der Waals surface area contributed by atoms with E-state index in [-0.39, 0.29) is 17.9 Å². The van der Waals surface area contributed by atoms with Gasteiger partial charge >= 0.3 is 5.97 Å². The molecule has 2 aliphatic carbocycles. The zero-order valence-corrected chi connectivity index (χ0v) is 15.3. The fraction of sp³-hybridized carbons (Fsp3) is 0.182. The van der Waals surface area contributed by atoms with Crippen LogP contribution in [0.2, 0.25) is 0 Å². The van der Waals surface area contributed by atoms with Gasteiger partial charge in [-0.1, -0.05) is 48.1 Å². The maximum absolute atomic E-state index is 12.3. The van der Waals surface area contributed by atoms with Crippen LogP contribution in [0.15, 0.2) is 84.2 Å². The highest BCUT2D eigenvalue weighted by Gasteiger charge is 2.16. The van der Waals surface area contributed by atoms with Gasteiger partial charge in [0.15, 0.2) is 0 Å². The van der Waals surface area contributed by atoms with Crippen LogP contribution in [0.4, 0.5) is 0 Å². The third-order valence-corrected chi connectivity index (χ3v) is 4.38. The fourth-order valence-corrected chi connectivity index (χ4v) is 2.93. The Balaban J connectivity index is 1.56. The first kappa shape index (κ1) is 19.2. The average Bonchev–Trinajstić information content (AvgIpc) is 3.08. The molecule has 0 spiro atoms. The molecule has 0 saturated heterocycles. The first-order valence-electron chi connectivity index (χ1n) is 9.06. The SMILES string of the molecule is O=C(CCC1=CCC=C(c2cncnc2)C=C1)NC1=CC=CCC=C1C(=O)O. The van der Waals surface area contributed by atoms with Crippen molar-refractivity contribution in [2.75, 3.05) is 0 Å². The summed E-state index contributed by atoms with van der Waals surface area (Å²) in [6.45, 7) is 0. The van der Waals surface area contributed by atoms with E-state index in [1.54, 1.807) is 30.6 Å². The summed E-state index contributed by atoms with van der Waals surface area (Å²) in [5.74, 6) is -1.26. The van der Waals surface area contributed by atoms with Crippen LogP contribution in [0.3, 0.4) is 0 Å². The van der Waals surface area contributed by atoms with Crippen molar-refractivity contribution in [2.45, 2.75) is 25.7 Å². The van der Waals surface area contributed by atoms with Gasteiger partial charge in [0, 0.05) is 24.4 Å². The van der Waals surface area contributed by atoms with Crippen LogP contribution >= 0.6 is 0 Å². The quantitative estimate of drug-likeness (QED) is 0.794. The van der Waals surface area contributed by atoms with E-state index in [2.05, 4.69) is 27.4 Å². The first-order chi connectivity index (χ1) is 13.6. The molecule has 3 rings (SSSR count). The topological polar surface area (TPSA) is 92.2 Å². The maximum Gasteiger partial charge on any atom is 0.337 e. The average molecular weight is 375 g/mol.